The van der Waals surface area contributed by atoms with Crippen LogP contribution in [0.25, 0.3) is 10.9 Å². The van der Waals surface area contributed by atoms with Gasteiger partial charge in [-0.3, -0.25) is 71.9 Å². The van der Waals surface area contributed by atoms with Crippen LogP contribution in [0.2, 0.25) is 0 Å². The number of allylic oxidation sites excluding steroid dienone is 2. The second kappa shape index (κ2) is 49.0. The molecule has 0 bridgehead atoms. The van der Waals surface area contributed by atoms with E-state index in [9.17, 15) is 58.5 Å². The van der Waals surface area contributed by atoms with E-state index in [1.807, 2.05) is 52.0 Å². The van der Waals surface area contributed by atoms with Crippen LogP contribution in [0.1, 0.15) is 217 Å². The second-order valence-corrected chi connectivity index (χ2v) is 32.6. The highest BCUT2D eigenvalue weighted by molar-refractivity contribution is 6.41. The minimum absolute atomic E-state index is 0. The highest BCUT2D eigenvalue weighted by atomic mass is 16.4. The summed E-state index contributed by atoms with van der Waals surface area (Å²) in [5, 5.41) is 59.4. The third-order valence-corrected chi connectivity index (χ3v) is 21.3. The van der Waals surface area contributed by atoms with Gasteiger partial charge in [0.15, 0.2) is 5.78 Å². The first kappa shape index (κ1) is 101. The largest absolute Gasteiger partial charge is 0.508 e. The lowest BCUT2D eigenvalue weighted by Crippen LogP contribution is -2.65. The predicted octanol–water partition coefficient (Wildman–Crippen LogP) is 5.13. The molecule has 0 saturated carbocycles. The summed E-state index contributed by atoms with van der Waals surface area (Å²) in [5.74, 6) is -14.6. The monoisotopic (exact) mass is 1660 g/mol. The Morgan fingerprint density at radius 3 is 1.85 bits per heavy atom. The van der Waals surface area contributed by atoms with Crippen LogP contribution >= 0.6 is 0 Å². The number of aromatic nitrogens is 1. The fourth-order valence-electron chi connectivity index (χ4n) is 13.9. The van der Waals surface area contributed by atoms with Crippen molar-refractivity contribution >= 4 is 99.2 Å². The number of Topliss-reactive ketones (excluding diaryl/α,β-unsaturated/α-hetero) is 3. The molecule has 15 atom stereocenters. The van der Waals surface area contributed by atoms with Gasteiger partial charge < -0.3 is 79.2 Å². The Labute approximate surface area is 698 Å². The zero-order chi connectivity index (χ0) is 87.7. The van der Waals surface area contributed by atoms with E-state index in [0.29, 0.717) is 72.5 Å². The number of ketones is 3. The van der Waals surface area contributed by atoms with E-state index in [0.717, 1.165) is 0 Å². The lowest BCUT2D eigenvalue weighted by molar-refractivity contribution is -0.141. The van der Waals surface area contributed by atoms with Gasteiger partial charge in [-0.15, -0.1) is 0 Å². The minimum atomic E-state index is -1.98. The van der Waals surface area contributed by atoms with E-state index in [2.05, 4.69) is 69.0 Å². The highest BCUT2D eigenvalue weighted by Crippen LogP contribution is 2.27. The molecule has 0 radical (unpaired) electrons. The topological polar surface area (TPSA) is 503 Å². The van der Waals surface area contributed by atoms with Crippen LogP contribution in [-0.4, -0.2) is 186 Å². The molecule has 2 unspecified atom stereocenters. The number of hydrazine groups is 1. The molecule has 4 aromatic rings. The minimum Gasteiger partial charge on any atom is -0.508 e. The van der Waals surface area contributed by atoms with Crippen LogP contribution in [-0.2, 0) is 91.2 Å². The first-order valence-electron chi connectivity index (χ1n) is 41.0. The number of fused-ring (bicyclic) bond motifs is 1. The van der Waals surface area contributed by atoms with Gasteiger partial charge >= 0.3 is 5.97 Å². The number of para-hydroxylation sites is 1. The molecule has 18 N–H and O–H groups in total. The summed E-state index contributed by atoms with van der Waals surface area (Å²) in [4.78, 5) is 216. The van der Waals surface area contributed by atoms with Crippen LogP contribution in [0, 0.1) is 23.7 Å². The van der Waals surface area contributed by atoms with Gasteiger partial charge in [-0.25, -0.2) is 10.9 Å². The number of hydrogen-bond donors (Lipinski definition) is 17. The molecular weight excluding hydrogens is 1530 g/mol. The molecule has 119 heavy (non-hydrogen) atoms. The van der Waals surface area contributed by atoms with Crippen LogP contribution in [0.3, 0.4) is 0 Å². The standard InChI is InChI=1S/C86H126N14O18.CH4/c1-14-51(6)71(100-99-53(8)75(87)109)74(108)73(107)52(7)89-76(110)54(9)90-83(117)85(12)41-27-20-18-16-15-17-19-21-28-42-86(13,98-81(115)68(45-57-29-23-22-24-30-57)94-82(116)72(55(10)101)96-80(114)66(44-50(4)5)91-56(11)102)84(118)95-64(38-40-70(105)106)78(112)93-67(46-58-33-36-61(103)37-34-58)79(113)92-65(47-60-48-88-63-32-26-25-31-62(60)63)69(104)39-35-59(43-49(2)3)77(111)97-85;/h16,18,22-26,29-34,36-37,48-55,59,64-68,71-72,88,99-101,103H,14-15,17,19-21,27-28,35,38-47H2,1-13H3,(H2,87,109)(H,89,110)(H,90,117)(H,91,102)(H,92,113)(H,93,112)(H,94,116)(H,95,118)(H,96,114)(H,97,111)(H,98,115)(H,105,106);1H4/b18-16+;/t51-,52-,53+,54?,55+,59-,64-,65-,66-,67?,68-,71-,72-,85-,86+;/m0./s1. The third kappa shape index (κ3) is 32.8. The molecule has 0 fully saturated rings. The molecule has 1 aliphatic rings. The summed E-state index contributed by atoms with van der Waals surface area (Å²) < 4.78 is 0. The lowest BCUT2D eigenvalue weighted by atomic mass is 9.87. The zero-order valence-corrected chi connectivity index (χ0v) is 70.4. The molecule has 32 heteroatoms. The molecule has 656 valence electrons. The van der Waals surface area contributed by atoms with Crippen molar-refractivity contribution in [3.63, 3.8) is 0 Å². The number of aliphatic hydroxyl groups is 1. The Balaban J connectivity index is 0.0000298. The Morgan fingerprint density at radius 1 is 0.597 bits per heavy atom. The number of nitrogens with one attached hydrogen (secondary N) is 13. The molecule has 5 rings (SSSR count). The summed E-state index contributed by atoms with van der Waals surface area (Å²) in [7, 11) is 0. The van der Waals surface area contributed by atoms with Gasteiger partial charge in [-0.05, 0) is 158 Å². The van der Waals surface area contributed by atoms with Gasteiger partial charge in [-0.1, -0.05) is 147 Å². The van der Waals surface area contributed by atoms with Gasteiger partial charge in [0, 0.05) is 62.0 Å². The Kier molecular flexibility index (Phi) is 41.4. The Morgan fingerprint density at radius 2 is 1.23 bits per heavy atom. The first-order chi connectivity index (χ1) is 55.6. The van der Waals surface area contributed by atoms with E-state index in [1.54, 1.807) is 62.5 Å². The van der Waals surface area contributed by atoms with Crippen molar-refractivity contribution in [2.45, 2.75) is 297 Å². The Hall–Kier alpha value is -10.7. The number of carboxylic acids is 1. The van der Waals surface area contributed by atoms with Crippen molar-refractivity contribution in [1.82, 2.24) is 69.0 Å². The average Bonchev–Trinajstić information content (AvgIpc) is 1.80. The van der Waals surface area contributed by atoms with E-state index in [-0.39, 0.29) is 89.2 Å². The number of hydrogen-bond acceptors (Lipinski definition) is 19. The predicted molar refractivity (Wildman–Crippen MR) is 450 cm³/mol. The van der Waals surface area contributed by atoms with Crippen LogP contribution < -0.4 is 69.8 Å². The number of carboxylic acid groups (broad SMARTS) is 1. The number of aromatic hydroxyl groups is 1. The molecule has 2 heterocycles. The van der Waals surface area contributed by atoms with Crippen LogP contribution in [0.5, 0.6) is 5.75 Å². The fourth-order valence-corrected chi connectivity index (χ4v) is 13.9. The molecule has 3 aromatic carbocycles. The first-order valence-corrected chi connectivity index (χ1v) is 41.0. The quantitative estimate of drug-likeness (QED) is 0.0164. The zero-order valence-electron chi connectivity index (χ0n) is 70.4. The number of aromatic amines is 1. The number of aliphatic carboxylic acids is 1. The number of carbonyl (C=O) groups excluding carboxylic acids is 14. The number of rotatable bonds is 34. The number of amides is 11. The Bertz CT molecular complexity index is 4130. The number of nitrogens with two attached hydrogens (primary N) is 1. The maximum atomic E-state index is 15.4. The molecule has 11 amide bonds. The summed E-state index contributed by atoms with van der Waals surface area (Å²) in [6.07, 6.45) is 5.62. The molecular formula is C87H130N14O18. The van der Waals surface area contributed by atoms with Crippen LogP contribution in [0.4, 0.5) is 0 Å². The number of phenolic OH excluding ortho intramolecular Hbond substituents is 1. The number of carbonyl (C=O) groups is 15. The molecule has 0 saturated heterocycles. The van der Waals surface area contributed by atoms with Crippen molar-refractivity contribution in [2.24, 2.45) is 29.4 Å². The number of H-pyrrole nitrogens is 1. The van der Waals surface area contributed by atoms with Gasteiger partial charge in [0.25, 0.3) is 0 Å². The van der Waals surface area contributed by atoms with Crippen molar-refractivity contribution in [1.29, 1.82) is 0 Å². The maximum absolute atomic E-state index is 15.4. The summed E-state index contributed by atoms with van der Waals surface area (Å²) >= 11 is 0. The van der Waals surface area contributed by atoms with E-state index in [4.69, 9.17) is 5.73 Å². The highest BCUT2D eigenvalue weighted by Gasteiger charge is 2.43. The molecule has 0 spiro atoms. The second-order valence-electron chi connectivity index (χ2n) is 32.6. The lowest BCUT2D eigenvalue weighted by Gasteiger charge is -2.34. The summed E-state index contributed by atoms with van der Waals surface area (Å²) in [5.41, 5.74) is 9.32. The molecule has 32 nitrogen and oxygen atoms in total. The number of benzene rings is 3. The molecule has 0 aliphatic carbocycles. The average molecular weight is 1660 g/mol. The molecule has 1 aliphatic heterocycles. The maximum Gasteiger partial charge on any atom is 0.303 e. The summed E-state index contributed by atoms with van der Waals surface area (Å²) in [6, 6.07) is 7.63. The van der Waals surface area contributed by atoms with Crippen molar-refractivity contribution in [2.75, 3.05) is 0 Å². The van der Waals surface area contributed by atoms with Crippen molar-refractivity contribution < 1.29 is 87.2 Å². The van der Waals surface area contributed by atoms with Gasteiger partial charge in [0.2, 0.25) is 76.5 Å². The normalized spacial score (nSPS) is 21.7. The number of primary amides is 1. The number of aliphatic hydroxyl groups excluding tert-OH is 1. The third-order valence-electron chi connectivity index (χ3n) is 21.3. The smallest absolute Gasteiger partial charge is 0.303 e. The van der Waals surface area contributed by atoms with Crippen molar-refractivity contribution in [3.05, 3.63) is 114 Å². The molecule has 1 aromatic heterocycles. The van der Waals surface area contributed by atoms with Gasteiger partial charge in [0.1, 0.15) is 53.1 Å². The van der Waals surface area contributed by atoms with Crippen LogP contribution in [0.15, 0.2) is 97.2 Å². The number of phenols is 1. The van der Waals surface area contributed by atoms with E-state index >= 15 is 28.8 Å². The SMILES string of the molecule is C.CC[C@H](C)[C@H](NN[C@H](C)C(N)=O)C(=O)C(=O)[C@H](C)NC(=O)C(C)NC(=O)[C@]1(C)CCC/C=C/CCCCCC[C@@](C)(NC(=O)[C@H](Cc2ccccc2)NC(=O)[C@@H](NC(=O)[C@H](CC(C)C)NC(C)=O)[C@@H](C)O)C(=O)N[C@@H](CCC(=O)O)C(=O)NC(Cc2ccc(O)cc2)C(=O)N[C@@H](Cc2c[nH]c3ccccc23)C(=O)CC[C@@H](CC(C)C)C(=O)N1. The fraction of sp³-hybridized carbons (Fsp3) is 0.575. The summed E-state index contributed by atoms with van der Waals surface area (Å²) in [6.45, 7) is 20.5. The van der Waals surface area contributed by atoms with Gasteiger partial charge in [0.05, 0.1) is 30.3 Å². The van der Waals surface area contributed by atoms with E-state index in [1.165, 1.54) is 72.7 Å². The van der Waals surface area contributed by atoms with Gasteiger partial charge in [-0.2, -0.15) is 0 Å². The van der Waals surface area contributed by atoms with E-state index < -0.39 is 191 Å². The van der Waals surface area contributed by atoms with Crippen molar-refractivity contribution in [3.8, 4) is 5.75 Å².